The van der Waals surface area contributed by atoms with Crippen LogP contribution in [0.4, 0.5) is 0 Å². The number of aromatic nitrogens is 1. The van der Waals surface area contributed by atoms with E-state index in [1.165, 1.54) is 12.8 Å². The van der Waals surface area contributed by atoms with Gasteiger partial charge in [0.2, 0.25) is 0 Å². The first-order chi connectivity index (χ1) is 6.16. The van der Waals surface area contributed by atoms with Crippen LogP contribution in [-0.2, 0) is 0 Å². The van der Waals surface area contributed by atoms with Gasteiger partial charge >= 0.3 is 0 Å². The molecule has 0 spiro atoms. The summed E-state index contributed by atoms with van der Waals surface area (Å²) < 4.78 is 5.35. The summed E-state index contributed by atoms with van der Waals surface area (Å²) in [5, 5.41) is 0. The van der Waals surface area contributed by atoms with Gasteiger partial charge in [-0.1, -0.05) is 12.8 Å². The Balaban J connectivity index is 2.08. The molecular formula is C10H16N2O. The predicted octanol–water partition coefficient (Wildman–Crippen LogP) is 2.09. The topological polar surface area (TPSA) is 52.0 Å². The van der Waals surface area contributed by atoms with Gasteiger partial charge in [-0.2, -0.15) is 0 Å². The van der Waals surface area contributed by atoms with E-state index < -0.39 is 0 Å². The van der Waals surface area contributed by atoms with Gasteiger partial charge in [0, 0.05) is 6.92 Å². The monoisotopic (exact) mass is 180 g/mol. The summed E-state index contributed by atoms with van der Waals surface area (Å²) in [4.78, 5) is 4.30. The van der Waals surface area contributed by atoms with Crippen molar-refractivity contribution in [1.82, 2.24) is 4.98 Å². The zero-order valence-corrected chi connectivity index (χ0v) is 8.21. The van der Waals surface area contributed by atoms with E-state index in [1.54, 1.807) is 0 Å². The molecule has 1 aromatic rings. The Morgan fingerprint density at radius 1 is 1.54 bits per heavy atom. The first kappa shape index (κ1) is 8.75. The molecule has 0 bridgehead atoms. The van der Waals surface area contributed by atoms with Crippen LogP contribution < -0.4 is 5.73 Å². The Labute approximate surface area is 78.3 Å². The Kier molecular flexibility index (Phi) is 2.12. The van der Waals surface area contributed by atoms with Crippen molar-refractivity contribution in [3.63, 3.8) is 0 Å². The molecule has 0 radical (unpaired) electrons. The van der Waals surface area contributed by atoms with Gasteiger partial charge in [-0.15, -0.1) is 0 Å². The van der Waals surface area contributed by atoms with Crippen LogP contribution in [0.2, 0.25) is 0 Å². The minimum absolute atomic E-state index is 0.0740. The van der Waals surface area contributed by atoms with Gasteiger partial charge in [0.05, 0.1) is 11.7 Å². The van der Waals surface area contributed by atoms with Gasteiger partial charge < -0.3 is 10.2 Å². The highest BCUT2D eigenvalue weighted by Crippen LogP contribution is 2.37. The summed E-state index contributed by atoms with van der Waals surface area (Å²) in [6, 6.07) is 0.0740. The Bertz CT molecular complexity index is 302. The van der Waals surface area contributed by atoms with Crippen LogP contribution in [0.5, 0.6) is 0 Å². The fraction of sp³-hybridized carbons (Fsp3) is 0.700. The lowest BCUT2D eigenvalue weighted by Crippen LogP contribution is -2.12. The number of aryl methyl sites for hydroxylation is 2. The normalized spacial score (nSPS) is 19.0. The summed E-state index contributed by atoms with van der Waals surface area (Å²) in [6.45, 7) is 3.79. The number of rotatable bonds is 3. The number of hydrogen-bond donors (Lipinski definition) is 1. The van der Waals surface area contributed by atoms with Crippen molar-refractivity contribution in [2.75, 3.05) is 0 Å². The van der Waals surface area contributed by atoms with Gasteiger partial charge in [0.15, 0.2) is 5.89 Å². The molecule has 2 N–H and O–H groups in total. The first-order valence-electron chi connectivity index (χ1n) is 4.86. The number of hydrogen-bond acceptors (Lipinski definition) is 3. The molecular weight excluding hydrogens is 164 g/mol. The summed E-state index contributed by atoms with van der Waals surface area (Å²) in [6.07, 6.45) is 3.74. The quantitative estimate of drug-likeness (QED) is 0.774. The Hall–Kier alpha value is -0.830. The average molecular weight is 180 g/mol. The molecule has 0 saturated heterocycles. The summed E-state index contributed by atoms with van der Waals surface area (Å²) in [5.41, 5.74) is 6.98. The second-order valence-corrected chi connectivity index (χ2v) is 3.96. The summed E-state index contributed by atoms with van der Waals surface area (Å²) in [5.74, 6) is 2.44. The lowest BCUT2D eigenvalue weighted by molar-refractivity contribution is 0.488. The molecule has 3 heteroatoms. The molecule has 3 nitrogen and oxygen atoms in total. The van der Waals surface area contributed by atoms with Gasteiger partial charge in [-0.3, -0.25) is 0 Å². The molecule has 1 fully saturated rings. The number of oxazole rings is 1. The maximum Gasteiger partial charge on any atom is 0.191 e. The molecule has 1 unspecified atom stereocenters. The highest BCUT2D eigenvalue weighted by Gasteiger charge is 2.26. The SMILES string of the molecule is Cc1nc(C(N)CC2CC2)c(C)o1. The molecule has 1 saturated carbocycles. The zero-order chi connectivity index (χ0) is 9.42. The predicted molar refractivity (Wildman–Crippen MR) is 50.2 cm³/mol. The average Bonchev–Trinajstić information content (AvgIpc) is 2.77. The number of nitrogens with two attached hydrogens (primary N) is 1. The fourth-order valence-corrected chi connectivity index (χ4v) is 1.71. The third-order valence-corrected chi connectivity index (χ3v) is 2.57. The van der Waals surface area contributed by atoms with Crippen LogP contribution in [0.15, 0.2) is 4.42 Å². The third kappa shape index (κ3) is 1.91. The van der Waals surface area contributed by atoms with Crippen molar-refractivity contribution in [2.45, 2.75) is 39.2 Å². The van der Waals surface area contributed by atoms with Crippen molar-refractivity contribution in [2.24, 2.45) is 11.7 Å². The molecule has 1 aliphatic carbocycles. The molecule has 0 amide bonds. The summed E-state index contributed by atoms with van der Waals surface area (Å²) >= 11 is 0. The molecule has 72 valence electrons. The van der Waals surface area contributed by atoms with Crippen LogP contribution in [-0.4, -0.2) is 4.98 Å². The van der Waals surface area contributed by atoms with E-state index in [0.717, 1.165) is 29.7 Å². The molecule has 1 heterocycles. The Morgan fingerprint density at radius 2 is 2.23 bits per heavy atom. The van der Waals surface area contributed by atoms with Crippen LogP contribution >= 0.6 is 0 Å². The molecule has 0 aliphatic heterocycles. The van der Waals surface area contributed by atoms with E-state index in [0.29, 0.717) is 0 Å². The van der Waals surface area contributed by atoms with Gasteiger partial charge in [-0.25, -0.2) is 4.98 Å². The first-order valence-corrected chi connectivity index (χ1v) is 4.86. The molecule has 13 heavy (non-hydrogen) atoms. The summed E-state index contributed by atoms with van der Waals surface area (Å²) in [7, 11) is 0. The largest absolute Gasteiger partial charge is 0.446 e. The maximum absolute atomic E-state index is 6.03. The van der Waals surface area contributed by atoms with Crippen molar-refractivity contribution in [3.05, 3.63) is 17.3 Å². The van der Waals surface area contributed by atoms with E-state index >= 15 is 0 Å². The van der Waals surface area contributed by atoms with Crippen LogP contribution in [0, 0.1) is 19.8 Å². The molecule has 1 aromatic heterocycles. The maximum atomic E-state index is 6.03. The van der Waals surface area contributed by atoms with Crippen LogP contribution in [0.3, 0.4) is 0 Å². The molecule has 0 aromatic carbocycles. The minimum atomic E-state index is 0.0740. The highest BCUT2D eigenvalue weighted by atomic mass is 16.4. The smallest absolute Gasteiger partial charge is 0.191 e. The van der Waals surface area contributed by atoms with Gasteiger partial charge in [0.25, 0.3) is 0 Å². The lowest BCUT2D eigenvalue weighted by atomic mass is 10.1. The zero-order valence-electron chi connectivity index (χ0n) is 8.21. The minimum Gasteiger partial charge on any atom is -0.446 e. The van der Waals surface area contributed by atoms with Crippen molar-refractivity contribution >= 4 is 0 Å². The van der Waals surface area contributed by atoms with E-state index in [4.69, 9.17) is 10.2 Å². The third-order valence-electron chi connectivity index (χ3n) is 2.57. The van der Waals surface area contributed by atoms with Crippen molar-refractivity contribution in [1.29, 1.82) is 0 Å². The van der Waals surface area contributed by atoms with Gasteiger partial charge in [-0.05, 0) is 19.3 Å². The number of nitrogens with zero attached hydrogens (tertiary/aromatic N) is 1. The van der Waals surface area contributed by atoms with E-state index in [2.05, 4.69) is 4.98 Å². The molecule has 2 rings (SSSR count). The lowest BCUT2D eigenvalue weighted by Gasteiger charge is -2.07. The standard InChI is InChI=1S/C10H16N2O/c1-6-10(12-7(2)13-6)9(11)5-8-3-4-8/h8-9H,3-5,11H2,1-2H3. The molecule has 1 aliphatic rings. The fourth-order valence-electron chi connectivity index (χ4n) is 1.71. The van der Waals surface area contributed by atoms with E-state index in [1.807, 2.05) is 13.8 Å². The second kappa shape index (κ2) is 3.14. The van der Waals surface area contributed by atoms with Crippen LogP contribution in [0.25, 0.3) is 0 Å². The Morgan fingerprint density at radius 3 is 2.69 bits per heavy atom. The van der Waals surface area contributed by atoms with E-state index in [9.17, 15) is 0 Å². The van der Waals surface area contributed by atoms with Gasteiger partial charge in [0.1, 0.15) is 5.76 Å². The van der Waals surface area contributed by atoms with E-state index in [-0.39, 0.29) is 6.04 Å². The highest BCUT2D eigenvalue weighted by molar-refractivity contribution is 5.12. The van der Waals surface area contributed by atoms with Crippen molar-refractivity contribution < 1.29 is 4.42 Å². The molecule has 1 atom stereocenters. The van der Waals surface area contributed by atoms with Crippen molar-refractivity contribution in [3.8, 4) is 0 Å². The van der Waals surface area contributed by atoms with Crippen LogP contribution in [0.1, 0.15) is 42.6 Å². The second-order valence-electron chi connectivity index (χ2n) is 3.96.